The second-order valence-corrected chi connectivity index (χ2v) is 5.26. The number of benzene rings is 1. The van der Waals surface area contributed by atoms with Crippen molar-refractivity contribution in [3.05, 3.63) is 48.2 Å². The Hall–Kier alpha value is -2.74. The number of aryl methyl sites for hydroxylation is 1. The minimum Gasteiger partial charge on any atom is -0.491 e. The molecule has 7 nitrogen and oxygen atoms in total. The molecule has 0 saturated carbocycles. The van der Waals surface area contributed by atoms with Crippen molar-refractivity contribution in [2.24, 2.45) is 0 Å². The predicted molar refractivity (Wildman–Crippen MR) is 86.6 cm³/mol. The van der Waals surface area contributed by atoms with Crippen molar-refractivity contribution >= 4 is 11.6 Å². The first-order chi connectivity index (χ1) is 11.7. The fourth-order valence-corrected chi connectivity index (χ4v) is 2.17. The molecule has 2 N–H and O–H groups in total. The molecule has 2 heterocycles. The number of hydrogen-bond donors (Lipinski definition) is 2. The monoisotopic (exact) mass is 331 g/mol. The third-order valence-electron chi connectivity index (χ3n) is 3.44. The zero-order valence-corrected chi connectivity index (χ0v) is 13.2. The first-order valence-corrected chi connectivity index (χ1v) is 7.65. The second kappa shape index (κ2) is 7.22. The molecular weight excluding hydrogens is 313 g/mol. The molecule has 0 aliphatic carbocycles. The van der Waals surface area contributed by atoms with E-state index in [4.69, 9.17) is 4.74 Å². The van der Waals surface area contributed by atoms with Crippen LogP contribution in [0.5, 0.6) is 5.75 Å². The van der Waals surface area contributed by atoms with Gasteiger partial charge in [-0.05, 0) is 30.7 Å². The van der Waals surface area contributed by atoms with Gasteiger partial charge in [0, 0.05) is 18.3 Å². The molecule has 0 amide bonds. The summed E-state index contributed by atoms with van der Waals surface area (Å²) in [6, 6.07) is 7.53. The van der Waals surface area contributed by atoms with E-state index in [1.54, 1.807) is 4.52 Å². The van der Waals surface area contributed by atoms with Crippen LogP contribution in [0.15, 0.2) is 36.7 Å². The zero-order valence-electron chi connectivity index (χ0n) is 13.2. The molecule has 2 aromatic heterocycles. The summed E-state index contributed by atoms with van der Waals surface area (Å²) in [6.45, 7) is 2.36. The van der Waals surface area contributed by atoms with Gasteiger partial charge < -0.3 is 15.2 Å². The number of halogens is 1. The topological polar surface area (TPSA) is 84.6 Å². The Morgan fingerprint density at radius 2 is 2.12 bits per heavy atom. The maximum Gasteiger partial charge on any atom is 0.254 e. The maximum atomic E-state index is 12.8. The van der Waals surface area contributed by atoms with E-state index in [0.717, 1.165) is 12.1 Å². The molecule has 1 atom stereocenters. The Morgan fingerprint density at radius 3 is 2.88 bits per heavy atom. The third-order valence-corrected chi connectivity index (χ3v) is 3.44. The predicted octanol–water partition coefficient (Wildman–Crippen LogP) is 1.68. The van der Waals surface area contributed by atoms with Gasteiger partial charge in [-0.3, -0.25) is 0 Å². The maximum absolute atomic E-state index is 12.8. The number of anilines is 1. The van der Waals surface area contributed by atoms with Crippen LogP contribution < -0.4 is 10.1 Å². The van der Waals surface area contributed by atoms with Gasteiger partial charge in [0.2, 0.25) is 0 Å². The molecule has 3 rings (SSSR count). The van der Waals surface area contributed by atoms with Crippen LogP contribution in [-0.2, 0) is 6.42 Å². The van der Waals surface area contributed by atoms with Gasteiger partial charge in [-0.15, -0.1) is 0 Å². The van der Waals surface area contributed by atoms with E-state index in [1.165, 1.54) is 30.6 Å². The fourth-order valence-electron chi connectivity index (χ4n) is 2.17. The zero-order chi connectivity index (χ0) is 16.9. The number of ether oxygens (including phenoxy) is 1. The highest BCUT2D eigenvalue weighted by atomic mass is 19.1. The molecule has 3 aromatic rings. The van der Waals surface area contributed by atoms with Crippen molar-refractivity contribution in [1.82, 2.24) is 19.6 Å². The average Bonchev–Trinajstić information content (AvgIpc) is 3.07. The van der Waals surface area contributed by atoms with E-state index in [2.05, 4.69) is 20.4 Å². The van der Waals surface area contributed by atoms with E-state index in [1.807, 2.05) is 13.0 Å². The molecule has 0 fully saturated rings. The summed E-state index contributed by atoms with van der Waals surface area (Å²) in [4.78, 5) is 8.44. The number of rotatable bonds is 7. The Kier molecular flexibility index (Phi) is 4.85. The highest BCUT2D eigenvalue weighted by Crippen LogP contribution is 2.13. The molecule has 0 saturated heterocycles. The van der Waals surface area contributed by atoms with Crippen molar-refractivity contribution < 1.29 is 14.2 Å². The largest absolute Gasteiger partial charge is 0.491 e. The molecule has 0 spiro atoms. The molecule has 1 unspecified atom stereocenters. The lowest BCUT2D eigenvalue weighted by atomic mass is 10.3. The molecule has 0 aliphatic rings. The van der Waals surface area contributed by atoms with Gasteiger partial charge in [0.25, 0.3) is 5.78 Å². The van der Waals surface area contributed by atoms with E-state index in [0.29, 0.717) is 17.3 Å². The highest BCUT2D eigenvalue weighted by Gasteiger charge is 2.10. The Labute approximate surface area is 138 Å². The minimum atomic E-state index is -0.744. The smallest absolute Gasteiger partial charge is 0.254 e. The molecular formula is C16H18FN5O2. The lowest BCUT2D eigenvalue weighted by molar-refractivity contribution is 0.117. The fraction of sp³-hybridized carbons (Fsp3) is 0.312. The van der Waals surface area contributed by atoms with Crippen LogP contribution in [-0.4, -0.2) is 43.9 Å². The molecule has 0 aliphatic heterocycles. The van der Waals surface area contributed by atoms with Crippen LogP contribution >= 0.6 is 0 Å². The second-order valence-electron chi connectivity index (χ2n) is 5.26. The molecule has 8 heteroatoms. The first kappa shape index (κ1) is 16.1. The van der Waals surface area contributed by atoms with E-state index < -0.39 is 6.10 Å². The number of hydrogen-bond acceptors (Lipinski definition) is 6. The molecule has 1 aromatic carbocycles. The quantitative estimate of drug-likeness (QED) is 0.685. The van der Waals surface area contributed by atoms with Crippen LogP contribution in [0.25, 0.3) is 5.78 Å². The van der Waals surface area contributed by atoms with Crippen LogP contribution in [0.3, 0.4) is 0 Å². The van der Waals surface area contributed by atoms with Crippen molar-refractivity contribution in [2.45, 2.75) is 19.4 Å². The van der Waals surface area contributed by atoms with Crippen LogP contribution in [0, 0.1) is 5.82 Å². The number of nitrogens with zero attached hydrogens (tertiary/aromatic N) is 4. The number of nitrogens with one attached hydrogen (secondary N) is 1. The van der Waals surface area contributed by atoms with Crippen LogP contribution in [0.2, 0.25) is 0 Å². The average molecular weight is 331 g/mol. The van der Waals surface area contributed by atoms with Gasteiger partial charge in [-0.2, -0.15) is 14.6 Å². The van der Waals surface area contributed by atoms with Crippen molar-refractivity contribution in [1.29, 1.82) is 0 Å². The third kappa shape index (κ3) is 3.77. The van der Waals surface area contributed by atoms with Crippen LogP contribution in [0.4, 0.5) is 10.2 Å². The van der Waals surface area contributed by atoms with Crippen molar-refractivity contribution in [3.8, 4) is 5.75 Å². The van der Waals surface area contributed by atoms with Gasteiger partial charge in [0.1, 0.15) is 36.4 Å². The normalized spacial score (nSPS) is 12.3. The summed E-state index contributed by atoms with van der Waals surface area (Å²) < 4.78 is 19.8. The van der Waals surface area contributed by atoms with Crippen molar-refractivity contribution in [3.63, 3.8) is 0 Å². The standard InChI is InChI=1S/C16H18FN5O2/c1-2-12-7-15(22-16(21-12)19-10-20-22)18-8-13(23)9-24-14-5-3-11(17)4-6-14/h3-7,10,13,18,23H,2,8-9H2,1H3. The van der Waals surface area contributed by atoms with Gasteiger partial charge in [-0.1, -0.05) is 6.92 Å². The molecule has 126 valence electrons. The van der Waals surface area contributed by atoms with E-state index >= 15 is 0 Å². The SMILES string of the molecule is CCc1cc(NCC(O)COc2ccc(F)cc2)n2ncnc2n1. The summed E-state index contributed by atoms with van der Waals surface area (Å²) in [5.74, 6) is 1.39. The van der Waals surface area contributed by atoms with Gasteiger partial charge in [0.05, 0.1) is 0 Å². The Bertz CT molecular complexity index is 806. The summed E-state index contributed by atoms with van der Waals surface area (Å²) in [7, 11) is 0. The molecule has 0 radical (unpaired) electrons. The lowest BCUT2D eigenvalue weighted by Crippen LogP contribution is -2.27. The van der Waals surface area contributed by atoms with Gasteiger partial charge >= 0.3 is 0 Å². The number of aliphatic hydroxyl groups is 1. The first-order valence-electron chi connectivity index (χ1n) is 7.65. The molecule has 24 heavy (non-hydrogen) atoms. The molecule has 0 bridgehead atoms. The van der Waals surface area contributed by atoms with E-state index in [-0.39, 0.29) is 19.0 Å². The Morgan fingerprint density at radius 1 is 1.33 bits per heavy atom. The van der Waals surface area contributed by atoms with E-state index in [9.17, 15) is 9.50 Å². The summed E-state index contributed by atoms with van der Waals surface area (Å²) in [5.41, 5.74) is 0.884. The van der Waals surface area contributed by atoms with Gasteiger partial charge in [-0.25, -0.2) is 9.37 Å². The summed E-state index contributed by atoms with van der Waals surface area (Å²) >= 11 is 0. The minimum absolute atomic E-state index is 0.0881. The highest BCUT2D eigenvalue weighted by molar-refractivity contribution is 5.45. The number of fused-ring (bicyclic) bond motifs is 1. The summed E-state index contributed by atoms with van der Waals surface area (Å²) in [6.07, 6.45) is 1.46. The number of aromatic nitrogens is 4. The van der Waals surface area contributed by atoms with Gasteiger partial charge in [0.15, 0.2) is 0 Å². The Balaban J connectivity index is 1.58. The van der Waals surface area contributed by atoms with Crippen LogP contribution in [0.1, 0.15) is 12.6 Å². The summed E-state index contributed by atoms with van der Waals surface area (Å²) in [5, 5.41) is 17.3. The lowest BCUT2D eigenvalue weighted by Gasteiger charge is -2.15. The van der Waals surface area contributed by atoms with Crippen molar-refractivity contribution in [2.75, 3.05) is 18.5 Å². The number of aliphatic hydroxyl groups excluding tert-OH is 1.